The molecule has 118 valence electrons. The Balaban J connectivity index is 1.76. The normalized spacial score (nSPS) is 10.7. The molecule has 0 unspecified atom stereocenters. The van der Waals surface area contributed by atoms with E-state index in [0.717, 1.165) is 21.7 Å². The SMILES string of the molecule is CCc1ccc(-c2csc(NC(=O)c3ccc(=O)n(C)n3)n2)s1. The van der Waals surface area contributed by atoms with Crippen molar-refractivity contribution in [2.24, 2.45) is 7.05 Å². The molecule has 0 bridgehead atoms. The number of amides is 1. The second-order valence-corrected chi connectivity index (χ2v) is 6.82. The first-order valence-electron chi connectivity index (χ1n) is 6.97. The lowest BCUT2D eigenvalue weighted by molar-refractivity contribution is 0.102. The van der Waals surface area contributed by atoms with E-state index in [1.165, 1.54) is 35.4 Å². The number of hydrogen-bond acceptors (Lipinski definition) is 6. The van der Waals surface area contributed by atoms with Crippen LogP contribution in [0.15, 0.2) is 34.4 Å². The van der Waals surface area contributed by atoms with Crippen molar-refractivity contribution in [3.05, 3.63) is 50.6 Å². The fourth-order valence-electron chi connectivity index (χ4n) is 1.93. The average molecular weight is 346 g/mol. The predicted octanol–water partition coefficient (Wildman–Crippen LogP) is 2.78. The highest BCUT2D eigenvalue weighted by Gasteiger charge is 2.13. The van der Waals surface area contributed by atoms with E-state index in [1.807, 2.05) is 11.4 Å². The van der Waals surface area contributed by atoms with Crippen LogP contribution >= 0.6 is 22.7 Å². The van der Waals surface area contributed by atoms with Gasteiger partial charge in [-0.2, -0.15) is 5.10 Å². The summed E-state index contributed by atoms with van der Waals surface area (Å²) in [5.74, 6) is -0.387. The van der Waals surface area contributed by atoms with Crippen molar-refractivity contribution in [2.75, 3.05) is 5.32 Å². The molecule has 0 aliphatic carbocycles. The molecule has 0 aliphatic rings. The summed E-state index contributed by atoms with van der Waals surface area (Å²) in [5, 5.41) is 9.05. The molecule has 3 rings (SSSR count). The maximum atomic E-state index is 12.2. The predicted molar refractivity (Wildman–Crippen MR) is 92.2 cm³/mol. The lowest BCUT2D eigenvalue weighted by atomic mass is 10.3. The van der Waals surface area contributed by atoms with E-state index in [0.29, 0.717) is 5.13 Å². The first kappa shape index (κ1) is 15.6. The molecule has 6 nitrogen and oxygen atoms in total. The van der Waals surface area contributed by atoms with Crippen LogP contribution < -0.4 is 10.9 Å². The van der Waals surface area contributed by atoms with Crippen LogP contribution in [0.2, 0.25) is 0 Å². The highest BCUT2D eigenvalue weighted by atomic mass is 32.1. The van der Waals surface area contributed by atoms with E-state index in [4.69, 9.17) is 0 Å². The third-order valence-electron chi connectivity index (χ3n) is 3.18. The Kier molecular flexibility index (Phi) is 4.35. The van der Waals surface area contributed by atoms with E-state index < -0.39 is 0 Å². The maximum Gasteiger partial charge on any atom is 0.277 e. The van der Waals surface area contributed by atoms with Crippen LogP contribution in [0.1, 0.15) is 22.3 Å². The number of carbonyl (C=O) groups is 1. The summed E-state index contributed by atoms with van der Waals surface area (Å²) in [6.07, 6.45) is 0.997. The van der Waals surface area contributed by atoms with Gasteiger partial charge in [-0.3, -0.25) is 14.9 Å². The molecule has 0 fully saturated rings. The standard InChI is InChI=1S/C15H14N4O2S2/c1-3-9-4-6-12(23-9)11-8-22-15(16-11)17-14(21)10-5-7-13(20)19(2)18-10/h4-8H,3H2,1-2H3,(H,16,17,21). The summed E-state index contributed by atoms with van der Waals surface area (Å²) in [7, 11) is 1.50. The fraction of sp³-hybridized carbons (Fsp3) is 0.200. The van der Waals surface area contributed by atoms with Gasteiger partial charge in [-0.05, 0) is 24.6 Å². The van der Waals surface area contributed by atoms with Crippen LogP contribution in [0.5, 0.6) is 0 Å². The third kappa shape index (κ3) is 3.38. The lowest BCUT2D eigenvalue weighted by Gasteiger charge is -2.02. The minimum Gasteiger partial charge on any atom is -0.296 e. The highest BCUT2D eigenvalue weighted by Crippen LogP contribution is 2.31. The van der Waals surface area contributed by atoms with Crippen LogP contribution in [0.3, 0.4) is 0 Å². The number of thiazole rings is 1. The van der Waals surface area contributed by atoms with Crippen molar-refractivity contribution in [3.63, 3.8) is 0 Å². The van der Waals surface area contributed by atoms with Crippen molar-refractivity contribution in [1.82, 2.24) is 14.8 Å². The molecule has 1 amide bonds. The van der Waals surface area contributed by atoms with Crippen molar-refractivity contribution in [2.45, 2.75) is 13.3 Å². The molecular weight excluding hydrogens is 332 g/mol. The van der Waals surface area contributed by atoms with E-state index in [-0.39, 0.29) is 17.2 Å². The van der Waals surface area contributed by atoms with Gasteiger partial charge in [0.15, 0.2) is 5.13 Å². The third-order valence-corrected chi connectivity index (χ3v) is 5.19. The summed E-state index contributed by atoms with van der Waals surface area (Å²) in [4.78, 5) is 30.3. The number of anilines is 1. The van der Waals surface area contributed by atoms with Gasteiger partial charge in [0.2, 0.25) is 0 Å². The van der Waals surface area contributed by atoms with Crippen molar-refractivity contribution in [1.29, 1.82) is 0 Å². The minimum atomic E-state index is -0.387. The van der Waals surface area contributed by atoms with Gasteiger partial charge in [-0.15, -0.1) is 22.7 Å². The van der Waals surface area contributed by atoms with E-state index in [1.54, 1.807) is 11.3 Å². The second-order valence-electron chi connectivity index (χ2n) is 4.79. The van der Waals surface area contributed by atoms with Gasteiger partial charge in [-0.25, -0.2) is 9.67 Å². The largest absolute Gasteiger partial charge is 0.296 e. The Morgan fingerprint density at radius 3 is 2.83 bits per heavy atom. The van der Waals surface area contributed by atoms with Crippen LogP contribution in [0.25, 0.3) is 10.6 Å². The summed E-state index contributed by atoms with van der Waals surface area (Å²) < 4.78 is 1.13. The Hall–Kier alpha value is -2.32. The molecule has 0 radical (unpaired) electrons. The highest BCUT2D eigenvalue weighted by molar-refractivity contribution is 7.17. The van der Waals surface area contributed by atoms with Crippen molar-refractivity contribution >= 4 is 33.7 Å². The fourth-order valence-corrected chi connectivity index (χ4v) is 3.62. The number of hydrogen-bond donors (Lipinski definition) is 1. The van der Waals surface area contributed by atoms with Gasteiger partial charge in [0.05, 0.1) is 10.6 Å². The maximum absolute atomic E-state index is 12.2. The van der Waals surface area contributed by atoms with Gasteiger partial charge in [0.25, 0.3) is 11.5 Å². The number of thiophene rings is 1. The zero-order valence-electron chi connectivity index (χ0n) is 12.6. The van der Waals surface area contributed by atoms with Crippen LogP contribution in [0, 0.1) is 0 Å². The van der Waals surface area contributed by atoms with E-state index in [9.17, 15) is 9.59 Å². The molecule has 3 aromatic heterocycles. The zero-order chi connectivity index (χ0) is 16.4. The molecule has 0 aliphatic heterocycles. The van der Waals surface area contributed by atoms with Gasteiger partial charge >= 0.3 is 0 Å². The van der Waals surface area contributed by atoms with Crippen molar-refractivity contribution in [3.8, 4) is 10.6 Å². The molecule has 0 spiro atoms. The Labute approximate surface area is 140 Å². The molecule has 0 atom stereocenters. The molecule has 23 heavy (non-hydrogen) atoms. The number of aryl methyl sites for hydroxylation is 2. The van der Waals surface area contributed by atoms with Crippen LogP contribution in [0.4, 0.5) is 5.13 Å². The zero-order valence-corrected chi connectivity index (χ0v) is 14.2. The second kappa shape index (κ2) is 6.43. The van der Waals surface area contributed by atoms with Gasteiger partial charge in [-0.1, -0.05) is 6.92 Å². The Morgan fingerprint density at radius 2 is 2.13 bits per heavy atom. The summed E-state index contributed by atoms with van der Waals surface area (Å²) >= 11 is 3.06. The number of nitrogens with zero attached hydrogens (tertiary/aromatic N) is 3. The van der Waals surface area contributed by atoms with Gasteiger partial charge < -0.3 is 0 Å². The quantitative estimate of drug-likeness (QED) is 0.788. The lowest BCUT2D eigenvalue weighted by Crippen LogP contribution is -2.23. The summed E-state index contributed by atoms with van der Waals surface area (Å²) in [6, 6.07) is 6.84. The van der Waals surface area contributed by atoms with Crippen LogP contribution in [-0.4, -0.2) is 20.7 Å². The van der Waals surface area contributed by atoms with Gasteiger partial charge in [0.1, 0.15) is 5.69 Å². The monoisotopic (exact) mass is 346 g/mol. The van der Waals surface area contributed by atoms with E-state index in [2.05, 4.69) is 28.4 Å². The molecule has 8 heteroatoms. The molecular formula is C15H14N4O2S2. The Bertz CT molecular complexity index is 910. The number of aromatic nitrogens is 3. The molecule has 1 N–H and O–H groups in total. The average Bonchev–Trinajstić information content (AvgIpc) is 3.18. The number of nitrogens with one attached hydrogen (secondary N) is 1. The smallest absolute Gasteiger partial charge is 0.277 e. The van der Waals surface area contributed by atoms with Crippen molar-refractivity contribution < 1.29 is 4.79 Å². The first-order valence-corrected chi connectivity index (χ1v) is 8.66. The number of carbonyl (C=O) groups excluding carboxylic acids is 1. The molecule has 3 aromatic rings. The van der Waals surface area contributed by atoms with Crippen LogP contribution in [-0.2, 0) is 13.5 Å². The molecule has 0 saturated heterocycles. The number of rotatable bonds is 4. The summed E-state index contributed by atoms with van der Waals surface area (Å²) in [5.41, 5.74) is 0.763. The molecule has 3 heterocycles. The minimum absolute atomic E-state index is 0.174. The topological polar surface area (TPSA) is 76.9 Å². The van der Waals surface area contributed by atoms with E-state index >= 15 is 0 Å². The summed E-state index contributed by atoms with van der Waals surface area (Å²) in [6.45, 7) is 2.11. The molecule has 0 aromatic carbocycles. The Morgan fingerprint density at radius 1 is 1.30 bits per heavy atom. The van der Waals surface area contributed by atoms with Gasteiger partial charge in [0, 0.05) is 23.4 Å². The first-order chi connectivity index (χ1) is 11.1. The molecule has 0 saturated carbocycles.